The summed E-state index contributed by atoms with van der Waals surface area (Å²) in [5, 5.41) is 1.23. The molecule has 0 aliphatic rings. The van der Waals surface area contributed by atoms with Crippen LogP contribution in [0.4, 0.5) is 0 Å². The maximum atomic E-state index is 11.3. The first kappa shape index (κ1) is 37.4. The number of rotatable bonds is 13. The molecule has 0 fully saturated rings. The van der Waals surface area contributed by atoms with Crippen LogP contribution < -0.4 is 29.6 Å². The van der Waals surface area contributed by atoms with Gasteiger partial charge in [0.15, 0.2) is 0 Å². The van der Waals surface area contributed by atoms with E-state index in [1.54, 1.807) is 48.5 Å². The number of carbonyl (C=O) groups is 1. The summed E-state index contributed by atoms with van der Waals surface area (Å²) in [7, 11) is -8.48. The third-order valence-corrected chi connectivity index (χ3v) is 7.92. The molecule has 10 heteroatoms. The molecule has 210 valence electrons. The Morgan fingerprint density at radius 2 is 1.13 bits per heavy atom. The third kappa shape index (κ3) is 14.6. The molecule has 0 unspecified atom stereocenters. The monoisotopic (exact) mass is 586 g/mol. The largest absolute Gasteiger partial charge is 1.00 e. The predicted molar refractivity (Wildman–Crippen MR) is 151 cm³/mol. The maximum absolute atomic E-state index is 11.3. The molecule has 0 aliphatic carbocycles. The smallest absolute Gasteiger partial charge is 0.744 e. The van der Waals surface area contributed by atoms with E-state index in [1.807, 2.05) is 12.9 Å². The standard InChI is InChI=1S/C18H30O3S.C10H8O3S.CH2O.Na/c1-2-3-4-5-6-7-8-9-10-11-14-17-15-12-13-16-18(17)22(19,20)21;11-14(12,13)10-7-3-5-8-4-1-2-6-9(8)10;1-2;/h12-13,15-16H,2-11,14H2,1H3,(H,19,20,21);1-7H,(H,11,12,13);1H2;/q;;;+1/p-1. The third-order valence-electron chi connectivity index (χ3n) is 6.07. The molecule has 0 bridgehead atoms. The molecule has 0 radical (unpaired) electrons. The van der Waals surface area contributed by atoms with Crippen molar-refractivity contribution in [1.29, 1.82) is 0 Å². The first-order valence-corrected chi connectivity index (χ1v) is 15.8. The van der Waals surface area contributed by atoms with Crippen molar-refractivity contribution in [3.63, 3.8) is 0 Å². The zero-order chi connectivity index (χ0) is 28.4. The van der Waals surface area contributed by atoms with Gasteiger partial charge in [-0.2, -0.15) is 8.42 Å². The molecular weight excluding hydrogens is 547 g/mol. The van der Waals surface area contributed by atoms with Gasteiger partial charge in [-0.1, -0.05) is 119 Å². The van der Waals surface area contributed by atoms with E-state index in [0.717, 1.165) is 23.8 Å². The SMILES string of the molecule is C=O.CCCCCCCCCCCCc1ccccc1S(=O)(=O)O.O=S(=O)([O-])c1cccc2ccccc12.[Na+]. The molecule has 1 N–H and O–H groups in total. The van der Waals surface area contributed by atoms with Crippen molar-refractivity contribution < 1.29 is 60.3 Å². The Morgan fingerprint density at radius 1 is 0.667 bits per heavy atom. The van der Waals surface area contributed by atoms with Crippen molar-refractivity contribution in [3.05, 3.63) is 72.3 Å². The Hall–Kier alpha value is -1.59. The zero-order valence-electron chi connectivity index (χ0n) is 23.0. The number of hydrogen-bond acceptors (Lipinski definition) is 6. The van der Waals surface area contributed by atoms with Gasteiger partial charge in [0.25, 0.3) is 10.1 Å². The van der Waals surface area contributed by atoms with Crippen molar-refractivity contribution in [2.45, 2.75) is 87.3 Å². The van der Waals surface area contributed by atoms with Crippen LogP contribution in [0.25, 0.3) is 10.8 Å². The van der Waals surface area contributed by atoms with Crippen molar-refractivity contribution in [2.24, 2.45) is 0 Å². The van der Waals surface area contributed by atoms with Crippen molar-refractivity contribution >= 4 is 37.8 Å². The normalized spacial score (nSPS) is 10.9. The Kier molecular flexibility index (Phi) is 19.5. The second-order valence-corrected chi connectivity index (χ2v) is 11.7. The average Bonchev–Trinajstić information content (AvgIpc) is 2.90. The number of benzene rings is 3. The molecule has 39 heavy (non-hydrogen) atoms. The molecule has 0 aliphatic heterocycles. The zero-order valence-corrected chi connectivity index (χ0v) is 26.7. The average molecular weight is 587 g/mol. The van der Waals surface area contributed by atoms with Gasteiger partial charge in [0.1, 0.15) is 16.9 Å². The quantitative estimate of drug-likeness (QED) is 0.182. The fourth-order valence-corrected chi connectivity index (χ4v) is 5.63. The molecule has 3 aromatic carbocycles. The Bertz CT molecular complexity index is 1300. The van der Waals surface area contributed by atoms with Crippen molar-refractivity contribution in [2.75, 3.05) is 0 Å². The van der Waals surface area contributed by atoms with Crippen LogP contribution in [0.15, 0.2) is 76.5 Å². The minimum Gasteiger partial charge on any atom is -0.744 e. The van der Waals surface area contributed by atoms with Crippen molar-refractivity contribution in [3.8, 4) is 0 Å². The van der Waals surface area contributed by atoms with Crippen LogP contribution in [0.2, 0.25) is 0 Å². The summed E-state index contributed by atoms with van der Waals surface area (Å²) >= 11 is 0. The summed E-state index contributed by atoms with van der Waals surface area (Å²) in [6.45, 7) is 4.24. The first-order valence-electron chi connectivity index (χ1n) is 12.9. The maximum Gasteiger partial charge on any atom is 1.00 e. The van der Waals surface area contributed by atoms with Crippen molar-refractivity contribution in [1.82, 2.24) is 0 Å². The van der Waals surface area contributed by atoms with Crippen LogP contribution in [-0.2, 0) is 31.5 Å². The number of aryl methyl sites for hydroxylation is 1. The first-order chi connectivity index (χ1) is 18.1. The summed E-state index contributed by atoms with van der Waals surface area (Å²) < 4.78 is 64.5. The minimum atomic E-state index is -4.38. The van der Waals surface area contributed by atoms with Crippen LogP contribution in [0, 0.1) is 0 Å². The molecule has 0 atom stereocenters. The van der Waals surface area contributed by atoms with Gasteiger partial charge in [-0.15, -0.1) is 0 Å². The second kappa shape index (κ2) is 20.3. The second-order valence-electron chi connectivity index (χ2n) is 8.95. The van der Waals surface area contributed by atoms with E-state index in [-0.39, 0.29) is 39.3 Å². The molecule has 0 saturated heterocycles. The van der Waals surface area contributed by atoms with E-state index in [9.17, 15) is 25.9 Å². The number of unbranched alkanes of at least 4 members (excludes halogenated alkanes) is 9. The molecular formula is C29H39NaO7S2. The molecule has 3 rings (SSSR count). The van der Waals surface area contributed by atoms with Crippen LogP contribution in [0.3, 0.4) is 0 Å². The molecule has 3 aromatic rings. The summed E-state index contributed by atoms with van der Waals surface area (Å²) in [5.74, 6) is 0. The van der Waals surface area contributed by atoms with E-state index in [1.165, 1.54) is 63.5 Å². The fraction of sp³-hybridized carbons (Fsp3) is 0.414. The fourth-order valence-electron chi connectivity index (χ4n) is 4.18. The number of carbonyl (C=O) groups excluding carboxylic acids is 1. The summed E-state index contributed by atoms with van der Waals surface area (Å²) in [6, 6.07) is 18.3. The predicted octanol–water partition coefficient (Wildman–Crippen LogP) is 3.96. The van der Waals surface area contributed by atoms with Crippen LogP contribution >= 0.6 is 0 Å². The van der Waals surface area contributed by atoms with Gasteiger partial charge in [0, 0.05) is 0 Å². The number of hydrogen-bond donors (Lipinski definition) is 1. The number of fused-ring (bicyclic) bond motifs is 1. The Balaban J connectivity index is 0.000000730. The molecule has 7 nitrogen and oxygen atoms in total. The summed E-state index contributed by atoms with van der Waals surface area (Å²) in [6.07, 6.45) is 13.3. The molecule has 0 heterocycles. The van der Waals surface area contributed by atoms with Crippen LogP contribution in [0.5, 0.6) is 0 Å². The van der Waals surface area contributed by atoms with Gasteiger partial charge in [-0.25, -0.2) is 8.42 Å². The molecule has 0 amide bonds. The van der Waals surface area contributed by atoms with E-state index in [2.05, 4.69) is 6.92 Å². The minimum absolute atomic E-state index is 0. The van der Waals surface area contributed by atoms with E-state index >= 15 is 0 Å². The van der Waals surface area contributed by atoms with Gasteiger partial charge in [0.05, 0.1) is 9.79 Å². The van der Waals surface area contributed by atoms with Gasteiger partial charge >= 0.3 is 29.6 Å². The Labute approximate surface area is 256 Å². The van der Waals surface area contributed by atoms with Gasteiger partial charge in [-0.3, -0.25) is 4.55 Å². The molecule has 0 aromatic heterocycles. The van der Waals surface area contributed by atoms with E-state index in [0.29, 0.717) is 11.8 Å². The van der Waals surface area contributed by atoms with Crippen LogP contribution in [0.1, 0.15) is 76.7 Å². The molecule has 0 spiro atoms. The van der Waals surface area contributed by atoms with Crippen LogP contribution in [-0.4, -0.2) is 32.7 Å². The van der Waals surface area contributed by atoms with E-state index < -0.39 is 20.2 Å². The topological polar surface area (TPSA) is 129 Å². The van der Waals surface area contributed by atoms with E-state index in [4.69, 9.17) is 4.79 Å². The van der Waals surface area contributed by atoms with Gasteiger partial charge in [-0.05, 0) is 41.3 Å². The summed E-state index contributed by atoms with van der Waals surface area (Å²) in [5.41, 5.74) is 0.726. The Morgan fingerprint density at radius 3 is 1.69 bits per heavy atom. The van der Waals surface area contributed by atoms with Gasteiger partial charge < -0.3 is 9.35 Å². The van der Waals surface area contributed by atoms with Gasteiger partial charge in [0.2, 0.25) is 0 Å². The summed E-state index contributed by atoms with van der Waals surface area (Å²) in [4.78, 5) is 7.90. The molecule has 0 saturated carbocycles.